The minimum atomic E-state index is -4.62. The highest BCUT2D eigenvalue weighted by atomic mass is 19.4. The number of pyridine rings is 1. The maximum atomic E-state index is 12.8. The van der Waals surface area contributed by atoms with Crippen molar-refractivity contribution in [3.63, 3.8) is 0 Å². The highest BCUT2D eigenvalue weighted by molar-refractivity contribution is 6.02. The van der Waals surface area contributed by atoms with Crippen molar-refractivity contribution >= 4 is 17.6 Å². The van der Waals surface area contributed by atoms with Gasteiger partial charge in [0.2, 0.25) is 0 Å². The van der Waals surface area contributed by atoms with Gasteiger partial charge in [0, 0.05) is 12.2 Å². The molecule has 0 unspecified atom stereocenters. The molecule has 6 nitrogen and oxygen atoms in total. The zero-order chi connectivity index (χ0) is 21.7. The molecule has 1 aliphatic heterocycles. The van der Waals surface area contributed by atoms with Gasteiger partial charge in [0.1, 0.15) is 11.4 Å². The molecule has 30 heavy (non-hydrogen) atoms. The molecule has 0 spiro atoms. The van der Waals surface area contributed by atoms with Gasteiger partial charge >= 0.3 is 12.1 Å². The molecule has 0 saturated carbocycles. The fourth-order valence-corrected chi connectivity index (χ4v) is 3.48. The maximum absolute atomic E-state index is 12.8. The van der Waals surface area contributed by atoms with Crippen LogP contribution < -0.4 is 5.32 Å². The predicted octanol–water partition coefficient (Wildman–Crippen LogP) is 4.04. The van der Waals surface area contributed by atoms with Gasteiger partial charge in [-0.2, -0.15) is 13.2 Å². The molecule has 1 aromatic carbocycles. The number of rotatable bonds is 5. The first kappa shape index (κ1) is 21.8. The van der Waals surface area contributed by atoms with Crippen molar-refractivity contribution in [2.75, 3.05) is 18.4 Å². The Bertz CT molecular complexity index is 918. The third-order valence-electron chi connectivity index (χ3n) is 5.03. The standard InChI is InChI=1S/C21H22F3N3O3/c22-21(23,24)18-8-2-7-17(26-18)19(28)25-16-6-1-4-14(12-16)13-27-10-3-5-15(9-11-27)20(29)30/h1-2,4,6-8,12,15H,3,5,9-11,13H2,(H,25,28)(H,29,30)/t15-/m0/s1. The second kappa shape index (κ2) is 9.25. The molecule has 0 radical (unpaired) electrons. The summed E-state index contributed by atoms with van der Waals surface area (Å²) in [5.74, 6) is -1.80. The molecule has 2 aromatic rings. The summed E-state index contributed by atoms with van der Waals surface area (Å²) in [6.07, 6.45) is -2.57. The first-order chi connectivity index (χ1) is 14.2. The predicted molar refractivity (Wildman–Crippen MR) is 104 cm³/mol. The van der Waals surface area contributed by atoms with Crippen molar-refractivity contribution < 1.29 is 27.9 Å². The number of carboxylic acids is 1. The first-order valence-corrected chi connectivity index (χ1v) is 9.62. The van der Waals surface area contributed by atoms with Crippen LogP contribution in [0.4, 0.5) is 18.9 Å². The number of likely N-dealkylation sites (tertiary alicyclic amines) is 1. The van der Waals surface area contributed by atoms with E-state index in [1.54, 1.807) is 18.2 Å². The number of alkyl halides is 3. The summed E-state index contributed by atoms with van der Waals surface area (Å²) in [6.45, 7) is 2.05. The summed E-state index contributed by atoms with van der Waals surface area (Å²) in [5, 5.41) is 11.8. The lowest BCUT2D eigenvalue weighted by molar-refractivity contribution is -0.142. The Morgan fingerprint density at radius 2 is 1.90 bits per heavy atom. The Kier molecular flexibility index (Phi) is 6.71. The molecule has 2 heterocycles. The smallest absolute Gasteiger partial charge is 0.433 e. The lowest BCUT2D eigenvalue weighted by Gasteiger charge is -2.20. The first-order valence-electron chi connectivity index (χ1n) is 9.62. The monoisotopic (exact) mass is 421 g/mol. The lowest BCUT2D eigenvalue weighted by atomic mass is 10.0. The van der Waals surface area contributed by atoms with Crippen LogP contribution >= 0.6 is 0 Å². The molecule has 2 N–H and O–H groups in total. The van der Waals surface area contributed by atoms with Gasteiger partial charge in [-0.3, -0.25) is 14.5 Å². The van der Waals surface area contributed by atoms with Crippen LogP contribution in [0.15, 0.2) is 42.5 Å². The molecule has 3 rings (SSSR count). The van der Waals surface area contributed by atoms with Crippen LogP contribution in [0.2, 0.25) is 0 Å². The van der Waals surface area contributed by atoms with Crippen LogP contribution in [0.25, 0.3) is 0 Å². The SMILES string of the molecule is O=C(Nc1cccc(CN2CCC[C@H](C(=O)O)CC2)c1)c1cccc(C(F)(F)F)n1. The molecule has 0 bridgehead atoms. The van der Waals surface area contributed by atoms with E-state index in [0.717, 1.165) is 30.7 Å². The second-order valence-corrected chi connectivity index (χ2v) is 7.30. The summed E-state index contributed by atoms with van der Waals surface area (Å²) >= 11 is 0. The van der Waals surface area contributed by atoms with Crippen LogP contribution in [0.5, 0.6) is 0 Å². The molecule has 160 valence electrons. The van der Waals surface area contributed by atoms with Gasteiger partial charge in [-0.25, -0.2) is 4.98 Å². The van der Waals surface area contributed by atoms with Crippen molar-refractivity contribution in [2.24, 2.45) is 5.92 Å². The van der Waals surface area contributed by atoms with E-state index in [4.69, 9.17) is 0 Å². The molecule has 1 fully saturated rings. The van der Waals surface area contributed by atoms with Gasteiger partial charge in [0.25, 0.3) is 5.91 Å². The third-order valence-corrected chi connectivity index (χ3v) is 5.03. The average molecular weight is 421 g/mol. The fraction of sp³-hybridized carbons (Fsp3) is 0.381. The largest absolute Gasteiger partial charge is 0.481 e. The Hall–Kier alpha value is -2.94. The van der Waals surface area contributed by atoms with E-state index in [1.807, 2.05) is 6.07 Å². The third kappa shape index (κ3) is 5.79. The van der Waals surface area contributed by atoms with Crippen molar-refractivity contribution in [2.45, 2.75) is 32.0 Å². The van der Waals surface area contributed by atoms with Crippen LogP contribution in [-0.4, -0.2) is 40.0 Å². The second-order valence-electron chi connectivity index (χ2n) is 7.30. The van der Waals surface area contributed by atoms with E-state index in [2.05, 4.69) is 15.2 Å². The number of aliphatic carboxylic acids is 1. The molecule has 1 atom stereocenters. The Morgan fingerprint density at radius 1 is 1.13 bits per heavy atom. The highest BCUT2D eigenvalue weighted by Crippen LogP contribution is 2.27. The van der Waals surface area contributed by atoms with Gasteiger partial charge < -0.3 is 10.4 Å². The molecule has 0 aliphatic carbocycles. The van der Waals surface area contributed by atoms with Crippen LogP contribution in [-0.2, 0) is 17.5 Å². The highest BCUT2D eigenvalue weighted by Gasteiger charge is 2.33. The number of nitrogens with zero attached hydrogens (tertiary/aromatic N) is 2. The molecular weight excluding hydrogens is 399 g/mol. The van der Waals surface area contributed by atoms with Crippen LogP contribution in [0, 0.1) is 5.92 Å². The molecule has 1 amide bonds. The van der Waals surface area contributed by atoms with Crippen molar-refractivity contribution in [1.82, 2.24) is 9.88 Å². The van der Waals surface area contributed by atoms with E-state index in [0.29, 0.717) is 31.6 Å². The summed E-state index contributed by atoms with van der Waals surface area (Å²) in [7, 11) is 0. The number of hydrogen-bond acceptors (Lipinski definition) is 4. The number of aromatic nitrogens is 1. The molecular formula is C21H22F3N3O3. The molecule has 1 aliphatic rings. The lowest BCUT2D eigenvalue weighted by Crippen LogP contribution is -2.25. The molecule has 1 saturated heterocycles. The topological polar surface area (TPSA) is 82.5 Å². The van der Waals surface area contributed by atoms with E-state index < -0.39 is 23.7 Å². The number of carbonyl (C=O) groups is 2. The van der Waals surface area contributed by atoms with Crippen molar-refractivity contribution in [1.29, 1.82) is 0 Å². The minimum absolute atomic E-state index is 0.317. The normalized spacial score (nSPS) is 17.9. The average Bonchev–Trinajstić information content (AvgIpc) is 2.93. The van der Waals surface area contributed by atoms with Crippen LogP contribution in [0.3, 0.4) is 0 Å². The maximum Gasteiger partial charge on any atom is 0.433 e. The summed E-state index contributed by atoms with van der Waals surface area (Å²) in [4.78, 5) is 29.1. The Labute approximate surface area is 171 Å². The number of nitrogens with one attached hydrogen (secondary N) is 1. The zero-order valence-electron chi connectivity index (χ0n) is 16.2. The van der Waals surface area contributed by atoms with Crippen LogP contribution in [0.1, 0.15) is 41.0 Å². The summed E-state index contributed by atoms with van der Waals surface area (Å²) < 4.78 is 38.4. The van der Waals surface area contributed by atoms with Crippen molar-refractivity contribution in [3.05, 3.63) is 59.4 Å². The summed E-state index contributed by atoms with van der Waals surface area (Å²) in [5.41, 5.74) is -0.0688. The Balaban J connectivity index is 1.64. The van der Waals surface area contributed by atoms with Crippen molar-refractivity contribution in [3.8, 4) is 0 Å². The number of anilines is 1. The number of carbonyl (C=O) groups excluding carboxylic acids is 1. The number of amides is 1. The van der Waals surface area contributed by atoms with E-state index in [9.17, 15) is 27.9 Å². The van der Waals surface area contributed by atoms with Gasteiger partial charge in [-0.1, -0.05) is 18.2 Å². The number of halogens is 3. The number of hydrogen-bond donors (Lipinski definition) is 2. The zero-order valence-corrected chi connectivity index (χ0v) is 16.2. The molecule has 1 aromatic heterocycles. The fourth-order valence-electron chi connectivity index (χ4n) is 3.48. The van der Waals surface area contributed by atoms with Gasteiger partial charge in [-0.05, 0) is 62.2 Å². The number of benzene rings is 1. The van der Waals surface area contributed by atoms with Gasteiger partial charge in [0.05, 0.1) is 5.92 Å². The minimum Gasteiger partial charge on any atom is -0.481 e. The summed E-state index contributed by atoms with van der Waals surface area (Å²) in [6, 6.07) is 10.2. The quantitative estimate of drug-likeness (QED) is 0.762. The van der Waals surface area contributed by atoms with Gasteiger partial charge in [-0.15, -0.1) is 0 Å². The number of carboxylic acid groups (broad SMARTS) is 1. The van der Waals surface area contributed by atoms with E-state index in [1.165, 1.54) is 6.07 Å². The van der Waals surface area contributed by atoms with Gasteiger partial charge in [0.15, 0.2) is 0 Å². The Morgan fingerprint density at radius 3 is 2.63 bits per heavy atom. The van der Waals surface area contributed by atoms with E-state index in [-0.39, 0.29) is 11.6 Å². The molecule has 9 heteroatoms. The van der Waals surface area contributed by atoms with E-state index >= 15 is 0 Å².